The average molecular weight is 235 g/mol. The highest BCUT2D eigenvalue weighted by molar-refractivity contribution is 7.13. The molecule has 1 aromatic heterocycles. The predicted molar refractivity (Wildman–Crippen MR) is 63.0 cm³/mol. The van der Waals surface area contributed by atoms with Crippen LogP contribution >= 0.6 is 11.3 Å². The molecule has 5 heteroatoms. The van der Waals surface area contributed by atoms with Crippen LogP contribution in [-0.4, -0.2) is 12.0 Å². The number of hydrogen-bond donors (Lipinski definition) is 0. The predicted octanol–water partition coefficient (Wildman–Crippen LogP) is 3.33. The molecule has 0 radical (unpaired) electrons. The molecule has 1 aromatic carbocycles. The lowest BCUT2D eigenvalue weighted by molar-refractivity contribution is -0.384. The molecule has 1 heterocycles. The fourth-order valence-electron chi connectivity index (χ4n) is 1.43. The Morgan fingerprint density at radius 2 is 2.19 bits per heavy atom. The highest BCUT2D eigenvalue weighted by Gasteiger charge is 2.12. The van der Waals surface area contributed by atoms with E-state index in [0.717, 1.165) is 10.4 Å². The molecule has 16 heavy (non-hydrogen) atoms. The van der Waals surface area contributed by atoms with Gasteiger partial charge in [-0.25, -0.2) is 0 Å². The Labute approximate surface area is 96.3 Å². The third-order valence-corrected chi connectivity index (χ3v) is 3.09. The average Bonchev–Trinajstić information content (AvgIpc) is 2.81. The van der Waals surface area contributed by atoms with Gasteiger partial charge in [-0.05, 0) is 17.5 Å². The molecular formula is C11H9NO3S. The van der Waals surface area contributed by atoms with E-state index >= 15 is 0 Å². The number of nitro groups is 1. The van der Waals surface area contributed by atoms with Gasteiger partial charge < -0.3 is 4.74 Å². The third-order valence-electron chi connectivity index (χ3n) is 2.18. The molecule has 0 aliphatic heterocycles. The fourth-order valence-corrected chi connectivity index (χ4v) is 2.19. The van der Waals surface area contributed by atoms with Crippen LogP contribution in [0, 0.1) is 10.1 Å². The molecule has 0 atom stereocenters. The van der Waals surface area contributed by atoms with Crippen molar-refractivity contribution in [1.82, 2.24) is 0 Å². The first-order valence-electron chi connectivity index (χ1n) is 4.58. The summed E-state index contributed by atoms with van der Waals surface area (Å²) in [4.78, 5) is 11.2. The van der Waals surface area contributed by atoms with Crippen LogP contribution in [0.4, 0.5) is 5.69 Å². The molecule has 0 fully saturated rings. The van der Waals surface area contributed by atoms with Crippen molar-refractivity contribution in [2.45, 2.75) is 0 Å². The summed E-state index contributed by atoms with van der Waals surface area (Å²) in [5.74, 6) is 0.525. The van der Waals surface area contributed by atoms with Crippen molar-refractivity contribution in [3.8, 4) is 16.2 Å². The SMILES string of the molecule is COc1cc([N+](=O)[O-])ccc1-c1cccs1. The van der Waals surface area contributed by atoms with Gasteiger partial charge in [-0.2, -0.15) is 0 Å². The van der Waals surface area contributed by atoms with E-state index in [2.05, 4.69) is 0 Å². The monoisotopic (exact) mass is 235 g/mol. The van der Waals surface area contributed by atoms with E-state index in [0.29, 0.717) is 5.75 Å². The Hall–Kier alpha value is -1.88. The molecule has 0 N–H and O–H groups in total. The summed E-state index contributed by atoms with van der Waals surface area (Å²) in [6, 6.07) is 8.52. The smallest absolute Gasteiger partial charge is 0.273 e. The maximum Gasteiger partial charge on any atom is 0.273 e. The lowest BCUT2D eigenvalue weighted by atomic mass is 10.1. The van der Waals surface area contributed by atoms with Gasteiger partial charge in [0, 0.05) is 16.5 Å². The van der Waals surface area contributed by atoms with Crippen molar-refractivity contribution in [3.63, 3.8) is 0 Å². The van der Waals surface area contributed by atoms with Gasteiger partial charge in [0.15, 0.2) is 0 Å². The Morgan fingerprint density at radius 3 is 2.75 bits per heavy atom. The van der Waals surface area contributed by atoms with Crippen molar-refractivity contribution in [3.05, 3.63) is 45.8 Å². The summed E-state index contributed by atoms with van der Waals surface area (Å²) in [5.41, 5.74) is 0.917. The van der Waals surface area contributed by atoms with E-state index in [-0.39, 0.29) is 5.69 Å². The van der Waals surface area contributed by atoms with E-state index in [1.807, 2.05) is 17.5 Å². The third kappa shape index (κ3) is 1.90. The number of nitrogens with zero attached hydrogens (tertiary/aromatic N) is 1. The standard InChI is InChI=1S/C11H9NO3S/c1-15-10-7-8(12(13)14)4-5-9(10)11-3-2-6-16-11/h2-7H,1H3. The number of methoxy groups -OCH3 is 1. The normalized spacial score (nSPS) is 10.1. The van der Waals surface area contributed by atoms with E-state index in [4.69, 9.17) is 4.74 Å². The number of non-ortho nitro benzene ring substituents is 1. The van der Waals surface area contributed by atoms with Crippen molar-refractivity contribution in [1.29, 1.82) is 0 Å². The lowest BCUT2D eigenvalue weighted by Crippen LogP contribution is -1.91. The minimum atomic E-state index is -0.430. The molecule has 0 aliphatic carbocycles. The minimum Gasteiger partial charge on any atom is -0.496 e. The number of hydrogen-bond acceptors (Lipinski definition) is 4. The maximum atomic E-state index is 10.6. The highest BCUT2D eigenvalue weighted by Crippen LogP contribution is 2.35. The summed E-state index contributed by atoms with van der Waals surface area (Å²) in [5, 5.41) is 12.6. The number of thiophene rings is 1. The molecule has 4 nitrogen and oxygen atoms in total. The van der Waals surface area contributed by atoms with Crippen LogP contribution in [-0.2, 0) is 0 Å². The first-order valence-corrected chi connectivity index (χ1v) is 5.46. The molecule has 0 spiro atoms. The number of benzene rings is 1. The molecular weight excluding hydrogens is 226 g/mol. The quantitative estimate of drug-likeness (QED) is 0.605. The summed E-state index contributed by atoms with van der Waals surface area (Å²) in [6.07, 6.45) is 0. The molecule has 0 saturated heterocycles. The van der Waals surface area contributed by atoms with Crippen molar-refractivity contribution in [2.75, 3.05) is 7.11 Å². The van der Waals surface area contributed by atoms with Gasteiger partial charge in [-0.1, -0.05) is 6.07 Å². The molecule has 0 bridgehead atoms. The second-order valence-electron chi connectivity index (χ2n) is 3.12. The van der Waals surface area contributed by atoms with Crippen LogP contribution in [0.3, 0.4) is 0 Å². The lowest BCUT2D eigenvalue weighted by Gasteiger charge is -2.05. The van der Waals surface area contributed by atoms with Crippen LogP contribution in [0.15, 0.2) is 35.7 Å². The summed E-state index contributed by atoms with van der Waals surface area (Å²) < 4.78 is 5.16. The van der Waals surface area contributed by atoms with Crippen LogP contribution in [0.1, 0.15) is 0 Å². The van der Waals surface area contributed by atoms with E-state index in [9.17, 15) is 10.1 Å². The summed E-state index contributed by atoms with van der Waals surface area (Å²) in [7, 11) is 1.51. The van der Waals surface area contributed by atoms with Crippen LogP contribution in [0.5, 0.6) is 5.75 Å². The van der Waals surface area contributed by atoms with E-state index < -0.39 is 4.92 Å². The van der Waals surface area contributed by atoms with Crippen molar-refractivity contribution < 1.29 is 9.66 Å². The minimum absolute atomic E-state index is 0.0390. The van der Waals surface area contributed by atoms with Crippen molar-refractivity contribution in [2.24, 2.45) is 0 Å². The van der Waals surface area contributed by atoms with Gasteiger partial charge in [0.1, 0.15) is 5.75 Å². The van der Waals surface area contributed by atoms with Gasteiger partial charge in [0.25, 0.3) is 5.69 Å². The van der Waals surface area contributed by atoms with E-state index in [1.165, 1.54) is 19.2 Å². The fraction of sp³-hybridized carbons (Fsp3) is 0.0909. The number of nitro benzene ring substituents is 1. The largest absolute Gasteiger partial charge is 0.496 e. The van der Waals surface area contributed by atoms with Crippen LogP contribution in [0.2, 0.25) is 0 Å². The van der Waals surface area contributed by atoms with Crippen LogP contribution < -0.4 is 4.74 Å². The topological polar surface area (TPSA) is 52.4 Å². The summed E-state index contributed by atoms with van der Waals surface area (Å²) in [6.45, 7) is 0. The number of rotatable bonds is 3. The molecule has 2 aromatic rings. The zero-order chi connectivity index (χ0) is 11.5. The van der Waals surface area contributed by atoms with Crippen LogP contribution in [0.25, 0.3) is 10.4 Å². The molecule has 82 valence electrons. The molecule has 0 unspecified atom stereocenters. The zero-order valence-electron chi connectivity index (χ0n) is 8.54. The van der Waals surface area contributed by atoms with Crippen molar-refractivity contribution >= 4 is 17.0 Å². The first-order chi connectivity index (χ1) is 7.72. The Kier molecular flexibility index (Phi) is 2.87. The second-order valence-corrected chi connectivity index (χ2v) is 4.07. The molecule has 2 rings (SSSR count). The highest BCUT2D eigenvalue weighted by atomic mass is 32.1. The first kappa shape index (κ1) is 10.6. The number of ether oxygens (including phenoxy) is 1. The maximum absolute atomic E-state index is 10.6. The van der Waals surface area contributed by atoms with Gasteiger partial charge in [-0.3, -0.25) is 10.1 Å². The molecule has 0 amide bonds. The van der Waals surface area contributed by atoms with Gasteiger partial charge in [0.05, 0.1) is 18.1 Å². The second kappa shape index (κ2) is 4.32. The Balaban J connectivity index is 2.51. The van der Waals surface area contributed by atoms with Gasteiger partial charge in [-0.15, -0.1) is 11.3 Å². The Morgan fingerprint density at radius 1 is 1.38 bits per heavy atom. The zero-order valence-corrected chi connectivity index (χ0v) is 9.36. The van der Waals surface area contributed by atoms with Gasteiger partial charge >= 0.3 is 0 Å². The molecule has 0 aliphatic rings. The summed E-state index contributed by atoms with van der Waals surface area (Å²) >= 11 is 1.57. The van der Waals surface area contributed by atoms with E-state index in [1.54, 1.807) is 17.4 Å². The van der Waals surface area contributed by atoms with Gasteiger partial charge in [0.2, 0.25) is 0 Å². The molecule has 0 saturated carbocycles. The Bertz CT molecular complexity index is 508.